The summed E-state index contributed by atoms with van der Waals surface area (Å²) in [4.78, 5) is 27.7. The fraction of sp³-hybridized carbons (Fsp3) is 0.357. The van der Waals surface area contributed by atoms with Gasteiger partial charge in [-0.15, -0.1) is 0 Å². The van der Waals surface area contributed by atoms with Crippen LogP contribution in [-0.2, 0) is 37.2 Å². The summed E-state index contributed by atoms with van der Waals surface area (Å²) in [6.07, 6.45) is 2.73. The van der Waals surface area contributed by atoms with Crippen LogP contribution >= 0.6 is 0 Å². The average Bonchev–Trinajstić information content (AvgIpc) is 2.92. The first-order valence-electron chi connectivity index (χ1n) is 6.93. The number of fused-ring (bicyclic) bond motifs is 1. The van der Waals surface area contributed by atoms with Gasteiger partial charge in [0.25, 0.3) is 15.6 Å². The predicted octanol–water partition coefficient (Wildman–Crippen LogP) is -0.508. The zero-order valence-corrected chi connectivity index (χ0v) is 13.8. The van der Waals surface area contributed by atoms with Crippen LogP contribution in [0.4, 0.5) is 0 Å². The molecule has 23 heavy (non-hydrogen) atoms. The van der Waals surface area contributed by atoms with Crippen LogP contribution in [0.3, 0.4) is 0 Å². The second kappa shape index (κ2) is 5.14. The van der Waals surface area contributed by atoms with E-state index in [0.29, 0.717) is 0 Å². The normalized spacial score (nSPS) is 14.9. The topological polar surface area (TPSA) is 94.3 Å². The van der Waals surface area contributed by atoms with Crippen molar-refractivity contribution in [3.63, 3.8) is 0 Å². The molecule has 3 rings (SSSR count). The lowest BCUT2D eigenvalue weighted by molar-refractivity contribution is 0.428. The van der Waals surface area contributed by atoms with E-state index in [1.54, 1.807) is 6.20 Å². The fourth-order valence-corrected chi connectivity index (χ4v) is 4.18. The molecule has 3 heterocycles. The molecule has 0 amide bonds. The van der Waals surface area contributed by atoms with E-state index < -0.39 is 26.2 Å². The summed E-state index contributed by atoms with van der Waals surface area (Å²) in [5.74, 6) is 0. The number of nitrogens with zero attached hydrogens (tertiary/aromatic N) is 4. The van der Waals surface area contributed by atoms with Crippen molar-refractivity contribution >= 4 is 10.0 Å². The van der Waals surface area contributed by atoms with Gasteiger partial charge in [0.05, 0.1) is 0 Å². The minimum absolute atomic E-state index is 0.164. The highest BCUT2D eigenvalue weighted by Crippen LogP contribution is 2.27. The third-order valence-corrected chi connectivity index (χ3v) is 5.72. The molecule has 2 aromatic rings. The van der Waals surface area contributed by atoms with Gasteiger partial charge in [0.2, 0.25) is 0 Å². The molecule has 122 valence electrons. The number of hydrogen-bond donors (Lipinski definition) is 0. The van der Waals surface area contributed by atoms with Crippen molar-refractivity contribution in [2.45, 2.75) is 24.9 Å². The molecule has 0 atom stereocenters. The molecule has 0 radical (unpaired) electrons. The number of aromatic nitrogens is 3. The van der Waals surface area contributed by atoms with Crippen LogP contribution in [0.1, 0.15) is 16.8 Å². The number of rotatable bonds is 2. The van der Waals surface area contributed by atoms with Crippen molar-refractivity contribution in [3.05, 3.63) is 56.1 Å². The monoisotopic (exact) mass is 336 g/mol. The standard InChI is InChI=1S/C14H16N4O4S/c1-9-4-10-6-18(7-11(10)5-15-9)23(21,22)12-8-16(2)14(20)17(3)13(12)19/h4-5,8H,6-7H2,1-3H3. The van der Waals surface area contributed by atoms with Gasteiger partial charge in [-0.3, -0.25) is 14.3 Å². The van der Waals surface area contributed by atoms with E-state index in [1.165, 1.54) is 18.4 Å². The van der Waals surface area contributed by atoms with Crippen LogP contribution < -0.4 is 11.2 Å². The first-order chi connectivity index (χ1) is 10.7. The minimum Gasteiger partial charge on any atom is -0.302 e. The van der Waals surface area contributed by atoms with E-state index in [2.05, 4.69) is 4.98 Å². The zero-order valence-electron chi connectivity index (χ0n) is 13.0. The van der Waals surface area contributed by atoms with E-state index in [4.69, 9.17) is 0 Å². The Hall–Kier alpha value is -2.26. The first-order valence-corrected chi connectivity index (χ1v) is 8.37. The van der Waals surface area contributed by atoms with Gasteiger partial charge < -0.3 is 4.57 Å². The van der Waals surface area contributed by atoms with E-state index in [0.717, 1.165) is 32.2 Å². The van der Waals surface area contributed by atoms with Gasteiger partial charge in [-0.1, -0.05) is 0 Å². The minimum atomic E-state index is -4.00. The molecule has 1 aliphatic heterocycles. The first kappa shape index (κ1) is 15.6. The average molecular weight is 336 g/mol. The Bertz CT molecular complexity index is 1020. The Morgan fingerprint density at radius 1 is 1.13 bits per heavy atom. The summed E-state index contributed by atoms with van der Waals surface area (Å²) in [5.41, 5.74) is 1.11. The molecule has 0 fully saturated rings. The molecule has 9 heteroatoms. The molecule has 0 aliphatic carbocycles. The van der Waals surface area contributed by atoms with Crippen LogP contribution in [0.5, 0.6) is 0 Å². The van der Waals surface area contributed by atoms with Gasteiger partial charge in [-0.05, 0) is 24.1 Å². The van der Waals surface area contributed by atoms with Gasteiger partial charge in [0.15, 0.2) is 4.90 Å². The smallest absolute Gasteiger partial charge is 0.302 e. The van der Waals surface area contributed by atoms with Gasteiger partial charge >= 0.3 is 5.69 Å². The van der Waals surface area contributed by atoms with E-state index in [9.17, 15) is 18.0 Å². The molecule has 0 saturated carbocycles. The highest BCUT2D eigenvalue weighted by molar-refractivity contribution is 7.89. The van der Waals surface area contributed by atoms with Crippen molar-refractivity contribution in [1.82, 2.24) is 18.4 Å². The molecule has 8 nitrogen and oxygen atoms in total. The molecule has 1 aliphatic rings. The Kier molecular flexibility index (Phi) is 3.49. The van der Waals surface area contributed by atoms with Gasteiger partial charge in [0, 0.05) is 45.3 Å². The highest BCUT2D eigenvalue weighted by Gasteiger charge is 2.33. The maximum Gasteiger partial charge on any atom is 0.330 e. The van der Waals surface area contributed by atoms with Gasteiger partial charge in [-0.2, -0.15) is 4.31 Å². The molecule has 0 spiro atoms. The highest BCUT2D eigenvalue weighted by atomic mass is 32.2. The van der Waals surface area contributed by atoms with Crippen LogP contribution in [0, 0.1) is 6.92 Å². The molecule has 0 aromatic carbocycles. The zero-order chi connectivity index (χ0) is 16.9. The number of sulfonamides is 1. The van der Waals surface area contributed by atoms with Crippen molar-refractivity contribution in [2.24, 2.45) is 14.1 Å². The fourth-order valence-electron chi connectivity index (χ4n) is 2.63. The Morgan fingerprint density at radius 3 is 2.48 bits per heavy atom. The second-order valence-electron chi connectivity index (χ2n) is 5.62. The van der Waals surface area contributed by atoms with Crippen molar-refractivity contribution in [3.8, 4) is 0 Å². The van der Waals surface area contributed by atoms with Crippen molar-refractivity contribution < 1.29 is 8.42 Å². The van der Waals surface area contributed by atoms with Gasteiger partial charge in [0.1, 0.15) is 0 Å². The van der Waals surface area contributed by atoms with Crippen molar-refractivity contribution in [1.29, 1.82) is 0 Å². The number of pyridine rings is 1. The Labute approximate surface area is 132 Å². The molecular weight excluding hydrogens is 320 g/mol. The molecule has 0 unspecified atom stereocenters. The molecule has 2 aromatic heterocycles. The van der Waals surface area contributed by atoms with Crippen LogP contribution in [0.2, 0.25) is 0 Å². The summed E-state index contributed by atoms with van der Waals surface area (Å²) in [6, 6.07) is 1.84. The lowest BCUT2D eigenvalue weighted by Crippen LogP contribution is -2.41. The summed E-state index contributed by atoms with van der Waals surface area (Å²) < 4.78 is 28.7. The largest absolute Gasteiger partial charge is 0.330 e. The van der Waals surface area contributed by atoms with Crippen LogP contribution in [0.25, 0.3) is 0 Å². The second-order valence-corrected chi connectivity index (χ2v) is 7.52. The summed E-state index contributed by atoms with van der Waals surface area (Å²) in [5, 5.41) is 0. The van der Waals surface area contributed by atoms with E-state index >= 15 is 0 Å². The molecule has 0 saturated heterocycles. The van der Waals surface area contributed by atoms with E-state index in [-0.39, 0.29) is 13.1 Å². The molecule has 0 bridgehead atoms. The lowest BCUT2D eigenvalue weighted by Gasteiger charge is -2.16. The Balaban J connectivity index is 2.09. The maximum atomic E-state index is 12.8. The third kappa shape index (κ3) is 2.41. The third-order valence-electron chi connectivity index (χ3n) is 3.95. The van der Waals surface area contributed by atoms with Gasteiger partial charge in [-0.25, -0.2) is 13.2 Å². The maximum absolute atomic E-state index is 12.8. The SMILES string of the molecule is Cc1cc2c(cn1)CN(S(=O)(=O)c1cn(C)c(=O)n(C)c1=O)C2. The molecule has 0 N–H and O–H groups in total. The van der Waals surface area contributed by atoms with Crippen molar-refractivity contribution in [2.75, 3.05) is 0 Å². The lowest BCUT2D eigenvalue weighted by atomic mass is 10.2. The number of hydrogen-bond acceptors (Lipinski definition) is 5. The predicted molar refractivity (Wildman–Crippen MR) is 82.3 cm³/mol. The summed E-state index contributed by atoms with van der Waals surface area (Å²) >= 11 is 0. The molecular formula is C14H16N4O4S. The quantitative estimate of drug-likeness (QED) is 0.736. The van der Waals surface area contributed by atoms with Crippen LogP contribution in [-0.4, -0.2) is 26.8 Å². The van der Waals surface area contributed by atoms with Crippen LogP contribution in [0.15, 0.2) is 32.9 Å². The number of aryl methyl sites for hydroxylation is 2. The summed E-state index contributed by atoms with van der Waals surface area (Å²) in [6.45, 7) is 2.18. The Morgan fingerprint density at radius 2 is 1.78 bits per heavy atom. The summed E-state index contributed by atoms with van der Waals surface area (Å²) in [7, 11) is -1.33. The van der Waals surface area contributed by atoms with E-state index in [1.807, 2.05) is 13.0 Å².